The monoisotopic (exact) mass is 480 g/mol. The zero-order valence-electron chi connectivity index (χ0n) is 20.2. The minimum Gasteiger partial charge on any atom is -0.354 e. The highest BCUT2D eigenvalue weighted by Gasteiger charge is 2.15. The average Bonchev–Trinajstić information content (AvgIpc) is 3.33. The third kappa shape index (κ3) is 5.20. The summed E-state index contributed by atoms with van der Waals surface area (Å²) in [5.41, 5.74) is 3.60. The van der Waals surface area contributed by atoms with Crippen LogP contribution in [0.2, 0.25) is 0 Å². The maximum Gasteiger partial charge on any atom is 0.251 e. The molecule has 1 saturated heterocycles. The van der Waals surface area contributed by atoms with E-state index in [1.165, 1.54) is 0 Å². The van der Waals surface area contributed by atoms with Crippen molar-refractivity contribution >= 4 is 28.2 Å². The first-order valence-electron chi connectivity index (χ1n) is 12.0. The number of carbonyl (C=O) groups excluding carboxylic acids is 1. The molecular weight excluding hydrogens is 452 g/mol. The molecule has 182 valence electrons. The Bertz CT molecular complexity index is 1410. The van der Waals surface area contributed by atoms with Gasteiger partial charge in [-0.25, -0.2) is 9.67 Å². The lowest BCUT2D eigenvalue weighted by atomic mass is 10.1. The number of likely N-dealkylation sites (N-methyl/N-ethyl adjacent to an activating group) is 1. The molecule has 4 aromatic rings. The van der Waals surface area contributed by atoms with Gasteiger partial charge >= 0.3 is 0 Å². The van der Waals surface area contributed by atoms with Crippen molar-refractivity contribution in [2.24, 2.45) is 0 Å². The van der Waals surface area contributed by atoms with Gasteiger partial charge in [0.2, 0.25) is 0 Å². The minimum absolute atomic E-state index is 0.119. The molecule has 1 aliphatic rings. The van der Waals surface area contributed by atoms with E-state index in [4.69, 9.17) is 0 Å². The summed E-state index contributed by atoms with van der Waals surface area (Å²) < 4.78 is 1.73. The summed E-state index contributed by atoms with van der Waals surface area (Å²) in [6.45, 7) is 5.63. The van der Waals surface area contributed by atoms with E-state index in [-0.39, 0.29) is 5.91 Å². The van der Waals surface area contributed by atoms with E-state index < -0.39 is 0 Å². The van der Waals surface area contributed by atoms with Gasteiger partial charge in [-0.15, -0.1) is 0 Å². The quantitative estimate of drug-likeness (QED) is 0.419. The second kappa shape index (κ2) is 10.6. The molecule has 1 aliphatic heterocycles. The fourth-order valence-electron chi connectivity index (χ4n) is 4.31. The maximum atomic E-state index is 12.8. The second-order valence-corrected chi connectivity index (χ2v) is 8.92. The van der Waals surface area contributed by atoms with Crippen LogP contribution in [0.15, 0.2) is 67.0 Å². The lowest BCUT2D eigenvalue weighted by molar-refractivity contribution is 0.0941. The maximum absolute atomic E-state index is 12.8. The first kappa shape index (κ1) is 23.5. The van der Waals surface area contributed by atoms with Crippen LogP contribution >= 0.6 is 0 Å². The van der Waals surface area contributed by atoms with E-state index in [0.29, 0.717) is 23.5 Å². The van der Waals surface area contributed by atoms with Crippen LogP contribution in [0.4, 0.5) is 11.4 Å². The highest BCUT2D eigenvalue weighted by atomic mass is 16.1. The Hall–Kier alpha value is -4.26. The molecule has 9 heteroatoms. The van der Waals surface area contributed by atoms with E-state index in [1.54, 1.807) is 35.3 Å². The van der Waals surface area contributed by atoms with E-state index in [0.717, 1.165) is 55.0 Å². The number of hydrogen-bond acceptors (Lipinski definition) is 7. The topological polar surface area (TPSA) is 102 Å². The zero-order valence-corrected chi connectivity index (χ0v) is 20.2. The number of carbonyl (C=O) groups is 1. The van der Waals surface area contributed by atoms with Crippen LogP contribution in [0.5, 0.6) is 0 Å². The predicted molar refractivity (Wildman–Crippen MR) is 140 cm³/mol. The van der Waals surface area contributed by atoms with Gasteiger partial charge in [-0.2, -0.15) is 10.4 Å². The van der Waals surface area contributed by atoms with Crippen molar-refractivity contribution in [2.75, 3.05) is 51.6 Å². The van der Waals surface area contributed by atoms with E-state index in [1.807, 2.05) is 36.4 Å². The zero-order chi connectivity index (χ0) is 24.9. The molecule has 0 radical (unpaired) electrons. The van der Waals surface area contributed by atoms with Crippen molar-refractivity contribution in [3.05, 3.63) is 78.1 Å². The Kier molecular flexibility index (Phi) is 6.89. The van der Waals surface area contributed by atoms with Crippen molar-refractivity contribution in [2.45, 2.75) is 0 Å². The summed E-state index contributed by atoms with van der Waals surface area (Å²) in [6.07, 6.45) is 3.40. The van der Waals surface area contributed by atoms with Gasteiger partial charge in [-0.3, -0.25) is 9.69 Å². The van der Waals surface area contributed by atoms with Gasteiger partial charge in [0, 0.05) is 62.1 Å². The molecule has 0 atom stereocenters. The third-order valence-electron chi connectivity index (χ3n) is 6.43. The van der Waals surface area contributed by atoms with Crippen LogP contribution in [-0.2, 0) is 0 Å². The Morgan fingerprint density at radius 1 is 1.08 bits per heavy atom. The number of piperazine rings is 1. The number of benzene rings is 2. The number of nitriles is 1. The van der Waals surface area contributed by atoms with Crippen molar-refractivity contribution in [1.29, 1.82) is 5.26 Å². The third-order valence-corrected chi connectivity index (χ3v) is 6.43. The molecule has 2 N–H and O–H groups in total. The molecule has 1 amide bonds. The fraction of sp³-hybridized carbons (Fsp3) is 0.259. The molecule has 3 heterocycles. The SMILES string of the molecule is CN1CCN(CCNC(=O)c2ccnc(-n3ncc4cc(Nc5ccccc5C#N)ccc43)c2)CC1. The molecule has 0 saturated carbocycles. The van der Waals surface area contributed by atoms with Crippen LogP contribution in [0.25, 0.3) is 16.7 Å². The van der Waals surface area contributed by atoms with Gasteiger partial charge in [-0.1, -0.05) is 12.1 Å². The van der Waals surface area contributed by atoms with E-state index >= 15 is 0 Å². The van der Waals surface area contributed by atoms with Crippen molar-refractivity contribution in [3.8, 4) is 11.9 Å². The predicted octanol–water partition coefficient (Wildman–Crippen LogP) is 3.01. The van der Waals surface area contributed by atoms with Crippen LogP contribution < -0.4 is 10.6 Å². The van der Waals surface area contributed by atoms with Gasteiger partial charge in [0.25, 0.3) is 5.91 Å². The molecule has 9 nitrogen and oxygen atoms in total. The molecule has 1 fully saturated rings. The number of pyridine rings is 1. The Morgan fingerprint density at radius 3 is 2.75 bits per heavy atom. The molecule has 0 unspecified atom stereocenters. The highest BCUT2D eigenvalue weighted by molar-refractivity contribution is 5.94. The standard InChI is InChI=1S/C27H28N8O/c1-33-12-14-34(15-13-33)11-10-30-27(36)20-8-9-29-26(17-20)35-25-7-6-23(16-22(25)19-31-35)32-24-5-3-2-4-21(24)18-28/h2-9,16-17,19,32H,10-15H2,1H3,(H,30,36). The Labute approximate surface area is 210 Å². The van der Waals surface area contributed by atoms with Gasteiger partial charge < -0.3 is 15.5 Å². The van der Waals surface area contributed by atoms with Gasteiger partial charge in [0.15, 0.2) is 5.82 Å². The highest BCUT2D eigenvalue weighted by Crippen LogP contribution is 2.25. The number of anilines is 2. The van der Waals surface area contributed by atoms with E-state index in [9.17, 15) is 10.1 Å². The Balaban J connectivity index is 1.27. The summed E-state index contributed by atoms with van der Waals surface area (Å²) in [4.78, 5) is 21.9. The first-order chi connectivity index (χ1) is 17.6. The second-order valence-electron chi connectivity index (χ2n) is 8.92. The molecule has 0 aliphatic carbocycles. The number of amides is 1. The molecule has 2 aromatic heterocycles. The number of nitrogens with zero attached hydrogens (tertiary/aromatic N) is 6. The lowest BCUT2D eigenvalue weighted by Gasteiger charge is -2.32. The number of nitrogens with one attached hydrogen (secondary N) is 2. The molecule has 0 bridgehead atoms. The normalized spacial score (nSPS) is 14.4. The number of fused-ring (bicyclic) bond motifs is 1. The number of rotatable bonds is 7. The molecule has 5 rings (SSSR count). The van der Waals surface area contributed by atoms with Gasteiger partial charge in [0.1, 0.15) is 6.07 Å². The van der Waals surface area contributed by atoms with Crippen molar-refractivity contribution < 1.29 is 4.79 Å². The smallest absolute Gasteiger partial charge is 0.251 e. The summed E-state index contributed by atoms with van der Waals surface area (Å²) in [5, 5.41) is 21.1. The van der Waals surface area contributed by atoms with Crippen LogP contribution in [0, 0.1) is 11.3 Å². The minimum atomic E-state index is -0.119. The molecule has 2 aromatic carbocycles. The van der Waals surface area contributed by atoms with Gasteiger partial charge in [0.05, 0.1) is 23.0 Å². The average molecular weight is 481 g/mol. The first-order valence-corrected chi connectivity index (χ1v) is 12.0. The lowest BCUT2D eigenvalue weighted by Crippen LogP contribution is -2.46. The van der Waals surface area contributed by atoms with Crippen LogP contribution in [0.1, 0.15) is 15.9 Å². The summed E-state index contributed by atoms with van der Waals surface area (Å²) in [6, 6.07) is 18.9. The van der Waals surface area contributed by atoms with Crippen molar-refractivity contribution in [1.82, 2.24) is 29.9 Å². The molecular formula is C27H28N8O. The van der Waals surface area contributed by atoms with Crippen LogP contribution in [0.3, 0.4) is 0 Å². The number of aromatic nitrogens is 3. The van der Waals surface area contributed by atoms with Gasteiger partial charge in [-0.05, 0) is 49.5 Å². The van der Waals surface area contributed by atoms with E-state index in [2.05, 4.69) is 43.6 Å². The summed E-state index contributed by atoms with van der Waals surface area (Å²) >= 11 is 0. The molecule has 36 heavy (non-hydrogen) atoms. The number of hydrogen-bond donors (Lipinski definition) is 2. The fourth-order valence-corrected chi connectivity index (χ4v) is 4.31. The summed E-state index contributed by atoms with van der Waals surface area (Å²) in [7, 11) is 2.13. The van der Waals surface area contributed by atoms with Crippen molar-refractivity contribution in [3.63, 3.8) is 0 Å². The summed E-state index contributed by atoms with van der Waals surface area (Å²) in [5.74, 6) is 0.458. The number of para-hydroxylation sites is 1. The largest absolute Gasteiger partial charge is 0.354 e. The Morgan fingerprint density at radius 2 is 1.92 bits per heavy atom. The van der Waals surface area contributed by atoms with Crippen LogP contribution in [-0.4, -0.2) is 76.8 Å². The molecule has 0 spiro atoms.